The molecular weight excluding hydrogens is 271 g/mol. The van der Waals surface area contributed by atoms with E-state index in [1.807, 2.05) is 24.3 Å². The molecule has 2 aromatic carbocycles. The SMILES string of the molecule is Fc1ccc(COc2ccccc2Br)cc1. The van der Waals surface area contributed by atoms with E-state index in [2.05, 4.69) is 15.9 Å². The zero-order valence-electron chi connectivity index (χ0n) is 8.49. The lowest BCUT2D eigenvalue weighted by atomic mass is 10.2. The van der Waals surface area contributed by atoms with Gasteiger partial charge in [-0.05, 0) is 45.8 Å². The standard InChI is InChI=1S/C13H10BrFO/c14-12-3-1-2-4-13(12)16-9-10-5-7-11(15)8-6-10/h1-8H,9H2. The predicted octanol–water partition coefficient (Wildman–Crippen LogP) is 4.17. The second-order valence-electron chi connectivity index (χ2n) is 3.35. The first-order valence-electron chi connectivity index (χ1n) is 4.87. The Kier molecular flexibility index (Phi) is 3.57. The minimum Gasteiger partial charge on any atom is -0.488 e. The molecule has 1 nitrogen and oxygen atoms in total. The van der Waals surface area contributed by atoms with Crippen LogP contribution in [0.15, 0.2) is 53.0 Å². The van der Waals surface area contributed by atoms with Crippen LogP contribution in [0.5, 0.6) is 5.75 Å². The van der Waals surface area contributed by atoms with Crippen molar-refractivity contribution in [2.45, 2.75) is 6.61 Å². The average molecular weight is 281 g/mol. The minimum absolute atomic E-state index is 0.232. The molecule has 0 N–H and O–H groups in total. The lowest BCUT2D eigenvalue weighted by Gasteiger charge is -2.07. The molecule has 0 aliphatic rings. The number of benzene rings is 2. The Morgan fingerprint density at radius 3 is 2.38 bits per heavy atom. The van der Waals surface area contributed by atoms with E-state index in [1.54, 1.807) is 12.1 Å². The Bertz CT molecular complexity index is 468. The number of rotatable bonds is 3. The van der Waals surface area contributed by atoms with Crippen molar-refractivity contribution in [2.75, 3.05) is 0 Å². The summed E-state index contributed by atoms with van der Waals surface area (Å²) < 4.78 is 19.2. The fourth-order valence-electron chi connectivity index (χ4n) is 1.30. The topological polar surface area (TPSA) is 9.23 Å². The number of hydrogen-bond donors (Lipinski definition) is 0. The van der Waals surface area contributed by atoms with Gasteiger partial charge in [0.15, 0.2) is 0 Å². The highest BCUT2D eigenvalue weighted by molar-refractivity contribution is 9.10. The quantitative estimate of drug-likeness (QED) is 0.820. The lowest BCUT2D eigenvalue weighted by Crippen LogP contribution is -1.95. The smallest absolute Gasteiger partial charge is 0.133 e. The average Bonchev–Trinajstić information content (AvgIpc) is 2.30. The van der Waals surface area contributed by atoms with Crippen LogP contribution in [0.3, 0.4) is 0 Å². The summed E-state index contributed by atoms with van der Waals surface area (Å²) in [6.45, 7) is 0.433. The number of para-hydroxylation sites is 1. The van der Waals surface area contributed by atoms with Crippen molar-refractivity contribution in [2.24, 2.45) is 0 Å². The van der Waals surface area contributed by atoms with Crippen molar-refractivity contribution < 1.29 is 9.13 Å². The summed E-state index contributed by atoms with van der Waals surface area (Å²) in [5, 5.41) is 0. The molecule has 0 spiro atoms. The van der Waals surface area contributed by atoms with Gasteiger partial charge in [-0.2, -0.15) is 0 Å². The maximum absolute atomic E-state index is 12.7. The van der Waals surface area contributed by atoms with Crippen LogP contribution in [0.4, 0.5) is 4.39 Å². The maximum Gasteiger partial charge on any atom is 0.133 e. The molecule has 0 saturated carbocycles. The molecule has 16 heavy (non-hydrogen) atoms. The molecule has 0 bridgehead atoms. The van der Waals surface area contributed by atoms with E-state index in [0.717, 1.165) is 15.8 Å². The molecule has 0 heterocycles. The zero-order valence-corrected chi connectivity index (χ0v) is 10.1. The van der Waals surface area contributed by atoms with Crippen molar-refractivity contribution in [3.8, 4) is 5.75 Å². The van der Waals surface area contributed by atoms with Gasteiger partial charge in [0.1, 0.15) is 18.2 Å². The summed E-state index contributed by atoms with van der Waals surface area (Å²) in [4.78, 5) is 0. The summed E-state index contributed by atoms with van der Waals surface area (Å²) in [6, 6.07) is 13.9. The van der Waals surface area contributed by atoms with Gasteiger partial charge < -0.3 is 4.74 Å². The van der Waals surface area contributed by atoms with Gasteiger partial charge in [-0.3, -0.25) is 0 Å². The molecule has 0 amide bonds. The van der Waals surface area contributed by atoms with Crippen LogP contribution in [0.25, 0.3) is 0 Å². The largest absolute Gasteiger partial charge is 0.488 e. The van der Waals surface area contributed by atoms with Crippen LogP contribution in [-0.4, -0.2) is 0 Å². The predicted molar refractivity (Wildman–Crippen MR) is 64.9 cm³/mol. The van der Waals surface area contributed by atoms with Gasteiger partial charge >= 0.3 is 0 Å². The number of ether oxygens (including phenoxy) is 1. The second-order valence-corrected chi connectivity index (χ2v) is 4.20. The van der Waals surface area contributed by atoms with Gasteiger partial charge in [-0.15, -0.1) is 0 Å². The van der Waals surface area contributed by atoms with E-state index in [4.69, 9.17) is 4.74 Å². The van der Waals surface area contributed by atoms with Crippen LogP contribution in [0.1, 0.15) is 5.56 Å². The third kappa shape index (κ3) is 2.83. The molecule has 2 rings (SSSR count). The Morgan fingerprint density at radius 2 is 1.69 bits per heavy atom. The van der Waals surface area contributed by atoms with Crippen molar-refractivity contribution in [3.05, 3.63) is 64.4 Å². The third-order valence-electron chi connectivity index (χ3n) is 2.14. The zero-order chi connectivity index (χ0) is 11.4. The highest BCUT2D eigenvalue weighted by Crippen LogP contribution is 2.24. The van der Waals surface area contributed by atoms with Gasteiger partial charge in [0.2, 0.25) is 0 Å². The van der Waals surface area contributed by atoms with E-state index < -0.39 is 0 Å². The fraction of sp³-hybridized carbons (Fsp3) is 0.0769. The van der Waals surface area contributed by atoms with Crippen LogP contribution in [-0.2, 0) is 6.61 Å². The van der Waals surface area contributed by atoms with Crippen LogP contribution < -0.4 is 4.74 Å². The Morgan fingerprint density at radius 1 is 1.00 bits per heavy atom. The van der Waals surface area contributed by atoms with Crippen molar-refractivity contribution >= 4 is 15.9 Å². The van der Waals surface area contributed by atoms with Gasteiger partial charge in [0.05, 0.1) is 4.47 Å². The van der Waals surface area contributed by atoms with E-state index in [-0.39, 0.29) is 5.82 Å². The first-order valence-corrected chi connectivity index (χ1v) is 5.67. The number of halogens is 2. The molecule has 82 valence electrons. The molecule has 0 saturated heterocycles. The summed E-state index contributed by atoms with van der Waals surface area (Å²) in [7, 11) is 0. The Hall–Kier alpha value is -1.35. The summed E-state index contributed by atoms with van der Waals surface area (Å²) >= 11 is 3.40. The molecule has 3 heteroatoms. The molecule has 0 radical (unpaired) electrons. The second kappa shape index (κ2) is 5.12. The van der Waals surface area contributed by atoms with Crippen molar-refractivity contribution in [1.82, 2.24) is 0 Å². The van der Waals surface area contributed by atoms with E-state index >= 15 is 0 Å². The third-order valence-corrected chi connectivity index (χ3v) is 2.80. The van der Waals surface area contributed by atoms with Crippen LogP contribution >= 0.6 is 15.9 Å². The Balaban J connectivity index is 2.02. The molecular formula is C13H10BrFO. The minimum atomic E-state index is -0.232. The normalized spacial score (nSPS) is 10.1. The van der Waals surface area contributed by atoms with Crippen molar-refractivity contribution in [1.29, 1.82) is 0 Å². The van der Waals surface area contributed by atoms with Crippen LogP contribution in [0, 0.1) is 5.82 Å². The van der Waals surface area contributed by atoms with Gasteiger partial charge in [0.25, 0.3) is 0 Å². The van der Waals surface area contributed by atoms with E-state index in [1.165, 1.54) is 12.1 Å². The first-order chi connectivity index (χ1) is 7.75. The first kappa shape index (κ1) is 11.1. The van der Waals surface area contributed by atoms with Crippen molar-refractivity contribution in [3.63, 3.8) is 0 Å². The van der Waals surface area contributed by atoms with Gasteiger partial charge in [-0.1, -0.05) is 24.3 Å². The summed E-state index contributed by atoms with van der Waals surface area (Å²) in [5.41, 5.74) is 0.942. The lowest BCUT2D eigenvalue weighted by molar-refractivity contribution is 0.304. The van der Waals surface area contributed by atoms with Gasteiger partial charge in [0, 0.05) is 0 Å². The number of hydrogen-bond acceptors (Lipinski definition) is 1. The highest BCUT2D eigenvalue weighted by Gasteiger charge is 2.00. The molecule has 0 atom stereocenters. The molecule has 0 aliphatic carbocycles. The maximum atomic E-state index is 12.7. The van der Waals surface area contributed by atoms with Crippen LogP contribution in [0.2, 0.25) is 0 Å². The molecule has 0 unspecified atom stereocenters. The summed E-state index contributed by atoms with van der Waals surface area (Å²) in [6.07, 6.45) is 0. The van der Waals surface area contributed by atoms with E-state index in [9.17, 15) is 4.39 Å². The summed E-state index contributed by atoms with van der Waals surface area (Å²) in [5.74, 6) is 0.552. The monoisotopic (exact) mass is 280 g/mol. The molecule has 0 aliphatic heterocycles. The molecule has 0 fully saturated rings. The molecule has 2 aromatic rings. The highest BCUT2D eigenvalue weighted by atomic mass is 79.9. The fourth-order valence-corrected chi connectivity index (χ4v) is 1.70. The van der Waals surface area contributed by atoms with Gasteiger partial charge in [-0.25, -0.2) is 4.39 Å². The van der Waals surface area contributed by atoms with E-state index in [0.29, 0.717) is 6.61 Å². The Labute approximate surface area is 102 Å². The molecule has 0 aromatic heterocycles.